The summed E-state index contributed by atoms with van der Waals surface area (Å²) in [6.07, 6.45) is 0.694. The van der Waals surface area contributed by atoms with E-state index in [1.807, 2.05) is 19.9 Å². The van der Waals surface area contributed by atoms with Crippen molar-refractivity contribution in [3.8, 4) is 0 Å². The van der Waals surface area contributed by atoms with E-state index in [9.17, 15) is 9.90 Å². The van der Waals surface area contributed by atoms with Gasteiger partial charge in [0.15, 0.2) is 0 Å². The predicted octanol–water partition coefficient (Wildman–Crippen LogP) is 3.83. The Bertz CT molecular complexity index is 383. The smallest absolute Gasteiger partial charge is 0.311 e. The molecule has 2 atom stereocenters. The minimum absolute atomic E-state index is 0.311. The monoisotopic (exact) mass is 334 g/mol. The van der Waals surface area contributed by atoms with Gasteiger partial charge in [-0.1, -0.05) is 13.3 Å². The van der Waals surface area contributed by atoms with Gasteiger partial charge in [-0.05, 0) is 42.3 Å². The van der Waals surface area contributed by atoms with Gasteiger partial charge in [-0.25, -0.2) is 0 Å². The maximum absolute atomic E-state index is 11.9. The number of aryl methyl sites for hydroxylation is 1. The zero-order chi connectivity index (χ0) is 13.7. The number of halogens is 1. The first-order valence-corrected chi connectivity index (χ1v) is 7.72. The average Bonchev–Trinajstić information content (AvgIpc) is 2.66. The third-order valence-electron chi connectivity index (χ3n) is 2.74. The van der Waals surface area contributed by atoms with E-state index >= 15 is 0 Å². The summed E-state index contributed by atoms with van der Waals surface area (Å²) in [7, 11) is 0. The Hall–Kier alpha value is -0.390. The van der Waals surface area contributed by atoms with Gasteiger partial charge in [0.05, 0.1) is 12.5 Å². The molecule has 5 heteroatoms. The lowest BCUT2D eigenvalue weighted by molar-refractivity contribution is -0.152. The Morgan fingerprint density at radius 1 is 1.56 bits per heavy atom. The zero-order valence-electron chi connectivity index (χ0n) is 10.9. The van der Waals surface area contributed by atoms with E-state index in [4.69, 9.17) is 4.74 Å². The van der Waals surface area contributed by atoms with Gasteiger partial charge < -0.3 is 9.84 Å². The molecule has 18 heavy (non-hydrogen) atoms. The number of carbonyl (C=O) groups excluding carboxylic acids is 1. The van der Waals surface area contributed by atoms with Gasteiger partial charge >= 0.3 is 5.97 Å². The molecule has 102 valence electrons. The topological polar surface area (TPSA) is 46.5 Å². The van der Waals surface area contributed by atoms with Crippen molar-refractivity contribution >= 4 is 33.2 Å². The van der Waals surface area contributed by atoms with E-state index in [1.54, 1.807) is 6.92 Å². The van der Waals surface area contributed by atoms with Crippen molar-refractivity contribution in [2.45, 2.75) is 39.7 Å². The number of aliphatic hydroxyl groups excluding tert-OH is 1. The maximum Gasteiger partial charge on any atom is 0.311 e. The molecule has 2 unspecified atom stereocenters. The van der Waals surface area contributed by atoms with Crippen LogP contribution in [-0.2, 0) is 9.53 Å². The quantitative estimate of drug-likeness (QED) is 0.804. The third kappa shape index (κ3) is 3.80. The van der Waals surface area contributed by atoms with Crippen LogP contribution >= 0.6 is 27.3 Å². The van der Waals surface area contributed by atoms with Crippen LogP contribution in [0.15, 0.2) is 10.5 Å². The fourth-order valence-corrected chi connectivity index (χ4v) is 3.40. The van der Waals surface area contributed by atoms with Crippen LogP contribution in [0.4, 0.5) is 0 Å². The minimum atomic E-state index is -0.779. The van der Waals surface area contributed by atoms with Gasteiger partial charge in [-0.2, -0.15) is 0 Å². The second kappa shape index (κ2) is 7.26. The molecule has 3 nitrogen and oxygen atoms in total. The highest BCUT2D eigenvalue weighted by molar-refractivity contribution is 9.10. The van der Waals surface area contributed by atoms with Crippen molar-refractivity contribution in [2.24, 2.45) is 5.92 Å². The van der Waals surface area contributed by atoms with Crippen LogP contribution in [-0.4, -0.2) is 17.7 Å². The van der Waals surface area contributed by atoms with Crippen molar-refractivity contribution in [3.05, 3.63) is 20.3 Å². The second-order valence-corrected chi connectivity index (χ2v) is 6.29. The van der Waals surface area contributed by atoms with Crippen molar-refractivity contribution in [1.82, 2.24) is 0 Å². The normalized spacial score (nSPS) is 14.3. The largest absolute Gasteiger partial charge is 0.466 e. The summed E-state index contributed by atoms with van der Waals surface area (Å²) in [5, 5.41) is 10.3. The van der Waals surface area contributed by atoms with Crippen molar-refractivity contribution in [3.63, 3.8) is 0 Å². The molecule has 1 rings (SSSR count). The van der Waals surface area contributed by atoms with E-state index in [0.717, 1.165) is 20.6 Å². The maximum atomic E-state index is 11.9. The van der Waals surface area contributed by atoms with Crippen LogP contribution < -0.4 is 0 Å². The number of rotatable bonds is 6. The number of hydrogen-bond donors (Lipinski definition) is 1. The number of carbonyl (C=O) groups is 1. The Morgan fingerprint density at radius 2 is 2.22 bits per heavy atom. The van der Waals surface area contributed by atoms with Crippen LogP contribution in [0.3, 0.4) is 0 Å². The highest BCUT2D eigenvalue weighted by Gasteiger charge is 2.29. The van der Waals surface area contributed by atoms with Gasteiger partial charge in [0.25, 0.3) is 0 Å². The van der Waals surface area contributed by atoms with Gasteiger partial charge in [-0.3, -0.25) is 4.79 Å². The summed E-state index contributed by atoms with van der Waals surface area (Å²) in [6.45, 7) is 6.09. The Labute approximate surface area is 120 Å². The predicted molar refractivity (Wildman–Crippen MR) is 76.7 cm³/mol. The Balaban J connectivity index is 2.87. The molecule has 1 N–H and O–H groups in total. The van der Waals surface area contributed by atoms with E-state index in [1.165, 1.54) is 11.3 Å². The summed E-state index contributed by atoms with van der Waals surface area (Å²) in [4.78, 5) is 13.8. The van der Waals surface area contributed by atoms with Crippen molar-refractivity contribution in [2.75, 3.05) is 6.61 Å². The van der Waals surface area contributed by atoms with Gasteiger partial charge in [0.1, 0.15) is 6.10 Å². The number of aliphatic hydroxyl groups is 1. The molecule has 0 aliphatic carbocycles. The van der Waals surface area contributed by atoms with Crippen molar-refractivity contribution < 1.29 is 14.6 Å². The molecular weight excluding hydrogens is 316 g/mol. The van der Waals surface area contributed by atoms with E-state index in [-0.39, 0.29) is 5.97 Å². The van der Waals surface area contributed by atoms with Crippen LogP contribution in [0, 0.1) is 12.8 Å². The molecule has 0 amide bonds. The molecule has 0 saturated carbocycles. The molecule has 0 aliphatic rings. The molecule has 1 heterocycles. The average molecular weight is 335 g/mol. The Kier molecular flexibility index (Phi) is 6.32. The van der Waals surface area contributed by atoms with Gasteiger partial charge in [-0.15, -0.1) is 11.3 Å². The summed E-state index contributed by atoms with van der Waals surface area (Å²) >= 11 is 4.93. The summed E-state index contributed by atoms with van der Waals surface area (Å²) in [5.74, 6) is -0.783. The van der Waals surface area contributed by atoms with Crippen LogP contribution in [0.25, 0.3) is 0 Å². The molecule has 0 saturated heterocycles. The third-order valence-corrected chi connectivity index (χ3v) is 4.95. The number of ether oxygens (including phenoxy) is 1. The second-order valence-electron chi connectivity index (χ2n) is 4.14. The molecule has 1 aromatic rings. The lowest BCUT2D eigenvalue weighted by atomic mass is 9.96. The fraction of sp³-hybridized carbons (Fsp3) is 0.615. The minimum Gasteiger partial charge on any atom is -0.466 e. The zero-order valence-corrected chi connectivity index (χ0v) is 13.3. The lowest BCUT2D eigenvalue weighted by Crippen LogP contribution is -2.24. The van der Waals surface area contributed by atoms with Crippen molar-refractivity contribution in [1.29, 1.82) is 0 Å². The molecule has 1 aromatic heterocycles. The SMILES string of the molecule is CCCC(C(=O)OCC)C(O)c1cc(Br)c(C)s1. The Morgan fingerprint density at radius 3 is 2.67 bits per heavy atom. The first-order valence-electron chi connectivity index (χ1n) is 6.11. The molecule has 0 radical (unpaired) electrons. The van der Waals surface area contributed by atoms with E-state index in [0.29, 0.717) is 13.0 Å². The highest BCUT2D eigenvalue weighted by atomic mass is 79.9. The van der Waals surface area contributed by atoms with E-state index in [2.05, 4.69) is 15.9 Å². The lowest BCUT2D eigenvalue weighted by Gasteiger charge is -2.19. The van der Waals surface area contributed by atoms with Crippen LogP contribution in [0.5, 0.6) is 0 Å². The summed E-state index contributed by atoms with van der Waals surface area (Å²) in [6, 6.07) is 1.88. The number of thiophene rings is 1. The fourth-order valence-electron chi connectivity index (χ4n) is 1.79. The van der Waals surface area contributed by atoms with Crippen LogP contribution in [0.1, 0.15) is 42.5 Å². The molecular formula is C13H19BrO3S. The van der Waals surface area contributed by atoms with Gasteiger partial charge in [0, 0.05) is 14.2 Å². The molecule has 0 aliphatic heterocycles. The first-order chi connectivity index (χ1) is 8.51. The van der Waals surface area contributed by atoms with Gasteiger partial charge in [0.2, 0.25) is 0 Å². The molecule has 0 bridgehead atoms. The number of esters is 1. The highest BCUT2D eigenvalue weighted by Crippen LogP contribution is 2.35. The molecule has 0 aromatic carbocycles. The number of hydrogen-bond acceptors (Lipinski definition) is 4. The molecule has 0 spiro atoms. The van der Waals surface area contributed by atoms with Crippen LogP contribution in [0.2, 0.25) is 0 Å². The molecule has 0 fully saturated rings. The first kappa shape index (κ1) is 15.7. The summed E-state index contributed by atoms with van der Waals surface area (Å²) < 4.78 is 6.00. The standard InChI is InChI=1S/C13H19BrO3S/c1-4-6-9(13(16)17-5-2)12(15)11-7-10(14)8(3)18-11/h7,9,12,15H,4-6H2,1-3H3. The van der Waals surface area contributed by atoms with E-state index < -0.39 is 12.0 Å². The summed E-state index contributed by atoms with van der Waals surface area (Å²) in [5.41, 5.74) is 0.